The maximum absolute atomic E-state index is 14.5. The standard InChI is InChI=1S/C23H24FN5O3S/c24-19-12-7-16(22-27-26-21-4-2-1-3-13-29(21)22)14-20(19)25-23(30)15-5-10-18(11-6-15)33(31,32)28-17-8-9-17/h5-7,10-12,14,17,28H,1-4,8-9,13H2,(H,25,30). The number of benzene rings is 2. The summed E-state index contributed by atoms with van der Waals surface area (Å²) in [4.78, 5) is 12.8. The lowest BCUT2D eigenvalue weighted by molar-refractivity contribution is 0.102. The fraction of sp³-hybridized carbons (Fsp3) is 0.348. The number of hydrogen-bond acceptors (Lipinski definition) is 5. The van der Waals surface area contributed by atoms with Crippen molar-refractivity contribution in [3.05, 3.63) is 59.7 Å². The van der Waals surface area contributed by atoms with Gasteiger partial charge in [0.1, 0.15) is 11.6 Å². The second kappa shape index (κ2) is 8.68. The van der Waals surface area contributed by atoms with Crippen LogP contribution in [0.3, 0.4) is 0 Å². The maximum atomic E-state index is 14.5. The third kappa shape index (κ3) is 4.67. The van der Waals surface area contributed by atoms with E-state index >= 15 is 0 Å². The minimum atomic E-state index is -3.60. The molecule has 0 atom stereocenters. The smallest absolute Gasteiger partial charge is 0.255 e. The Morgan fingerprint density at radius 1 is 1.03 bits per heavy atom. The van der Waals surface area contributed by atoms with Crippen LogP contribution in [-0.2, 0) is 23.0 Å². The van der Waals surface area contributed by atoms with Crippen molar-refractivity contribution in [1.29, 1.82) is 0 Å². The molecule has 1 amide bonds. The summed E-state index contributed by atoms with van der Waals surface area (Å²) in [5.74, 6) is 0.463. The first kappa shape index (κ1) is 21.7. The van der Waals surface area contributed by atoms with E-state index in [2.05, 4.69) is 24.8 Å². The molecular weight excluding hydrogens is 445 g/mol. The van der Waals surface area contributed by atoms with Crippen LogP contribution < -0.4 is 10.0 Å². The molecule has 1 aromatic heterocycles. The average Bonchev–Trinajstić information content (AvgIpc) is 3.57. The molecule has 5 rings (SSSR count). The van der Waals surface area contributed by atoms with E-state index < -0.39 is 21.7 Å². The molecular formula is C23H24FN5O3S. The van der Waals surface area contributed by atoms with Crippen LogP contribution in [0.5, 0.6) is 0 Å². The lowest BCUT2D eigenvalue weighted by atomic mass is 10.1. The summed E-state index contributed by atoms with van der Waals surface area (Å²) in [5, 5.41) is 11.2. The van der Waals surface area contributed by atoms with Gasteiger partial charge in [0.15, 0.2) is 5.82 Å². The Morgan fingerprint density at radius 2 is 1.82 bits per heavy atom. The van der Waals surface area contributed by atoms with Gasteiger partial charge in [0.25, 0.3) is 5.91 Å². The number of amides is 1. The van der Waals surface area contributed by atoms with E-state index in [0.717, 1.165) is 50.9 Å². The van der Waals surface area contributed by atoms with Crippen LogP contribution in [0, 0.1) is 5.82 Å². The SMILES string of the molecule is O=C(Nc1cc(-c2nnc3n2CCCCC3)ccc1F)c1ccc(S(=O)(=O)NC2CC2)cc1. The van der Waals surface area contributed by atoms with Crippen LogP contribution in [0.1, 0.15) is 48.3 Å². The molecule has 2 aromatic carbocycles. The highest BCUT2D eigenvalue weighted by molar-refractivity contribution is 7.89. The number of halogens is 1. The molecule has 1 aliphatic heterocycles. The van der Waals surface area contributed by atoms with Gasteiger partial charge in [-0.1, -0.05) is 6.42 Å². The summed E-state index contributed by atoms with van der Waals surface area (Å²) >= 11 is 0. The van der Waals surface area contributed by atoms with E-state index in [0.29, 0.717) is 11.4 Å². The Labute approximate surface area is 191 Å². The van der Waals surface area contributed by atoms with Crippen molar-refractivity contribution < 1.29 is 17.6 Å². The molecule has 2 aliphatic rings. The molecule has 1 aliphatic carbocycles. The zero-order valence-corrected chi connectivity index (χ0v) is 18.7. The highest BCUT2D eigenvalue weighted by atomic mass is 32.2. The van der Waals surface area contributed by atoms with Crippen molar-refractivity contribution in [2.24, 2.45) is 0 Å². The van der Waals surface area contributed by atoms with E-state index in [4.69, 9.17) is 0 Å². The van der Waals surface area contributed by atoms with Crippen LogP contribution in [0.25, 0.3) is 11.4 Å². The van der Waals surface area contributed by atoms with Crippen LogP contribution in [-0.4, -0.2) is 35.1 Å². The molecule has 0 saturated heterocycles. The summed E-state index contributed by atoms with van der Waals surface area (Å²) in [6.07, 6.45) is 5.76. The number of hydrogen-bond donors (Lipinski definition) is 2. The monoisotopic (exact) mass is 469 g/mol. The summed E-state index contributed by atoms with van der Waals surface area (Å²) in [5.41, 5.74) is 0.914. The highest BCUT2D eigenvalue weighted by Gasteiger charge is 2.28. The molecule has 172 valence electrons. The van der Waals surface area contributed by atoms with Crippen LogP contribution in [0.2, 0.25) is 0 Å². The second-order valence-electron chi connectivity index (χ2n) is 8.47. The Hall–Kier alpha value is -3.11. The number of aromatic nitrogens is 3. The van der Waals surface area contributed by atoms with Crippen molar-refractivity contribution in [3.63, 3.8) is 0 Å². The normalized spacial score (nSPS) is 16.2. The quantitative estimate of drug-likeness (QED) is 0.575. The zero-order valence-electron chi connectivity index (χ0n) is 17.9. The number of nitrogens with one attached hydrogen (secondary N) is 2. The number of rotatable bonds is 6. The van der Waals surface area contributed by atoms with Gasteiger partial charge in [0.05, 0.1) is 10.6 Å². The summed E-state index contributed by atoms with van der Waals surface area (Å²) in [7, 11) is -3.60. The van der Waals surface area contributed by atoms with Gasteiger partial charge in [0.2, 0.25) is 10.0 Å². The first-order chi connectivity index (χ1) is 15.9. The van der Waals surface area contributed by atoms with E-state index in [9.17, 15) is 17.6 Å². The Bertz CT molecular complexity index is 1300. The molecule has 33 heavy (non-hydrogen) atoms. The number of aryl methyl sites for hydroxylation is 1. The predicted molar refractivity (Wildman–Crippen MR) is 121 cm³/mol. The number of nitrogens with zero attached hydrogens (tertiary/aromatic N) is 3. The van der Waals surface area contributed by atoms with Gasteiger partial charge >= 0.3 is 0 Å². The topological polar surface area (TPSA) is 106 Å². The Balaban J connectivity index is 1.35. The van der Waals surface area contributed by atoms with Gasteiger partial charge < -0.3 is 9.88 Å². The van der Waals surface area contributed by atoms with Gasteiger partial charge in [-0.3, -0.25) is 4.79 Å². The van der Waals surface area contributed by atoms with E-state index in [-0.39, 0.29) is 22.2 Å². The van der Waals surface area contributed by atoms with Gasteiger partial charge in [0, 0.05) is 30.1 Å². The lowest BCUT2D eigenvalue weighted by Gasteiger charge is -2.11. The van der Waals surface area contributed by atoms with Crippen molar-refractivity contribution >= 4 is 21.6 Å². The average molecular weight is 470 g/mol. The van der Waals surface area contributed by atoms with E-state index in [1.54, 1.807) is 12.1 Å². The zero-order chi connectivity index (χ0) is 23.0. The molecule has 10 heteroatoms. The molecule has 2 heterocycles. The van der Waals surface area contributed by atoms with Crippen LogP contribution >= 0.6 is 0 Å². The first-order valence-corrected chi connectivity index (χ1v) is 12.5. The molecule has 0 spiro atoms. The van der Waals surface area contributed by atoms with Crippen LogP contribution in [0.4, 0.5) is 10.1 Å². The second-order valence-corrected chi connectivity index (χ2v) is 10.2. The first-order valence-electron chi connectivity index (χ1n) is 11.1. The van der Waals surface area contributed by atoms with Crippen molar-refractivity contribution in [2.75, 3.05) is 5.32 Å². The largest absolute Gasteiger partial charge is 0.319 e. The Morgan fingerprint density at radius 3 is 2.58 bits per heavy atom. The third-order valence-electron chi connectivity index (χ3n) is 5.91. The molecule has 0 bridgehead atoms. The molecule has 0 unspecified atom stereocenters. The third-order valence-corrected chi connectivity index (χ3v) is 7.44. The molecule has 2 N–H and O–H groups in total. The minimum absolute atomic E-state index is 0.00603. The molecule has 0 radical (unpaired) electrons. The summed E-state index contributed by atoms with van der Waals surface area (Å²) < 4.78 is 43.7. The number of carbonyl (C=O) groups is 1. The molecule has 1 fully saturated rings. The van der Waals surface area contributed by atoms with Crippen molar-refractivity contribution in [2.45, 2.75) is 56.0 Å². The van der Waals surface area contributed by atoms with E-state index in [1.807, 2.05) is 0 Å². The van der Waals surface area contributed by atoms with Crippen LogP contribution in [0.15, 0.2) is 47.4 Å². The summed E-state index contributed by atoms with van der Waals surface area (Å²) in [6.45, 7) is 0.807. The number of anilines is 1. The fourth-order valence-corrected chi connectivity index (χ4v) is 5.23. The number of sulfonamides is 1. The fourth-order valence-electron chi connectivity index (χ4n) is 3.93. The predicted octanol–water partition coefficient (Wildman–Crippen LogP) is 3.50. The van der Waals surface area contributed by atoms with Gasteiger partial charge in [-0.15, -0.1) is 10.2 Å². The highest BCUT2D eigenvalue weighted by Crippen LogP contribution is 2.27. The Kier molecular flexibility index (Phi) is 5.71. The van der Waals surface area contributed by atoms with Gasteiger partial charge in [-0.05, 0) is 68.1 Å². The van der Waals surface area contributed by atoms with Crippen molar-refractivity contribution in [3.8, 4) is 11.4 Å². The number of carbonyl (C=O) groups excluding carboxylic acids is 1. The number of fused-ring (bicyclic) bond motifs is 1. The van der Waals surface area contributed by atoms with Gasteiger partial charge in [-0.25, -0.2) is 17.5 Å². The lowest BCUT2D eigenvalue weighted by Crippen LogP contribution is -2.25. The minimum Gasteiger partial charge on any atom is -0.319 e. The maximum Gasteiger partial charge on any atom is 0.255 e. The van der Waals surface area contributed by atoms with E-state index in [1.165, 1.54) is 30.3 Å². The molecule has 3 aromatic rings. The summed E-state index contributed by atoms with van der Waals surface area (Å²) in [6, 6.07) is 10.0. The van der Waals surface area contributed by atoms with Gasteiger partial charge in [-0.2, -0.15) is 0 Å². The molecule has 8 nitrogen and oxygen atoms in total. The molecule has 1 saturated carbocycles. The van der Waals surface area contributed by atoms with Crippen molar-refractivity contribution in [1.82, 2.24) is 19.5 Å².